The second-order valence-electron chi connectivity index (χ2n) is 3.68. The van der Waals surface area contributed by atoms with E-state index in [1.165, 1.54) is 19.1 Å². The summed E-state index contributed by atoms with van der Waals surface area (Å²) in [6, 6.07) is 4.83. The molecular weight excluding hydrogens is 239 g/mol. The highest BCUT2D eigenvalue weighted by atomic mass is 19.1. The number of aromatic amines is 1. The summed E-state index contributed by atoms with van der Waals surface area (Å²) in [5, 5.41) is 0. The Labute approximate surface area is 101 Å². The lowest BCUT2D eigenvalue weighted by atomic mass is 10.2. The molecule has 0 aliphatic rings. The molecule has 1 aromatic carbocycles. The summed E-state index contributed by atoms with van der Waals surface area (Å²) in [7, 11) is 0. The molecule has 1 heterocycles. The van der Waals surface area contributed by atoms with Crippen LogP contribution in [0, 0.1) is 5.82 Å². The van der Waals surface area contributed by atoms with Gasteiger partial charge in [-0.3, -0.25) is 9.59 Å². The normalized spacial score (nSPS) is 10.3. The largest absolute Gasteiger partial charge is 0.333 e. The Balaban J connectivity index is 2.75. The lowest BCUT2D eigenvalue weighted by Crippen LogP contribution is -2.36. The van der Waals surface area contributed by atoms with Crippen molar-refractivity contribution in [3.63, 3.8) is 0 Å². The first-order chi connectivity index (χ1) is 8.50. The van der Waals surface area contributed by atoms with E-state index in [0.29, 0.717) is 0 Å². The lowest BCUT2D eigenvalue weighted by molar-refractivity contribution is 0.101. The highest BCUT2D eigenvalue weighted by molar-refractivity contribution is 5.93. The fourth-order valence-corrected chi connectivity index (χ4v) is 1.55. The fraction of sp³-hybridized carbons (Fsp3) is 0.0833. The number of halogens is 1. The second kappa shape index (κ2) is 4.40. The number of carbonyl (C=O) groups is 1. The van der Waals surface area contributed by atoms with Crippen LogP contribution in [-0.4, -0.2) is 15.3 Å². The zero-order valence-electron chi connectivity index (χ0n) is 9.44. The summed E-state index contributed by atoms with van der Waals surface area (Å²) in [4.78, 5) is 37.1. The van der Waals surface area contributed by atoms with E-state index in [9.17, 15) is 18.8 Å². The van der Waals surface area contributed by atoms with Crippen molar-refractivity contribution in [3.05, 3.63) is 62.7 Å². The first kappa shape index (κ1) is 12.0. The van der Waals surface area contributed by atoms with Crippen LogP contribution in [0.5, 0.6) is 0 Å². The topological polar surface area (TPSA) is 71.9 Å². The highest BCUT2D eigenvalue weighted by Crippen LogP contribution is 2.04. The minimum absolute atomic E-state index is 0.126. The van der Waals surface area contributed by atoms with E-state index in [-0.39, 0.29) is 11.3 Å². The fourth-order valence-electron chi connectivity index (χ4n) is 1.55. The van der Waals surface area contributed by atoms with E-state index in [1.807, 2.05) is 0 Å². The number of rotatable bonds is 2. The Kier molecular flexibility index (Phi) is 2.93. The van der Waals surface area contributed by atoms with Crippen LogP contribution >= 0.6 is 0 Å². The predicted octanol–water partition coefficient (Wildman–Crippen LogP) is 0.868. The van der Waals surface area contributed by atoms with Gasteiger partial charge in [-0.2, -0.15) is 0 Å². The lowest BCUT2D eigenvalue weighted by Gasteiger charge is -2.05. The van der Waals surface area contributed by atoms with Crippen molar-refractivity contribution in [3.8, 4) is 5.69 Å². The van der Waals surface area contributed by atoms with Crippen LogP contribution in [-0.2, 0) is 0 Å². The van der Waals surface area contributed by atoms with Gasteiger partial charge in [0.2, 0.25) is 0 Å². The third kappa shape index (κ3) is 2.00. The molecule has 1 aromatic heterocycles. The molecule has 18 heavy (non-hydrogen) atoms. The van der Waals surface area contributed by atoms with Crippen LogP contribution < -0.4 is 11.2 Å². The van der Waals surface area contributed by atoms with Crippen LogP contribution in [0.2, 0.25) is 0 Å². The van der Waals surface area contributed by atoms with Crippen LogP contribution in [0.3, 0.4) is 0 Å². The molecule has 2 aromatic rings. The number of nitrogens with one attached hydrogen (secondary N) is 1. The quantitative estimate of drug-likeness (QED) is 0.801. The summed E-state index contributed by atoms with van der Waals surface area (Å²) in [5.74, 6) is -0.932. The number of aromatic nitrogens is 2. The third-order valence-electron chi connectivity index (χ3n) is 2.44. The summed E-state index contributed by atoms with van der Waals surface area (Å²) >= 11 is 0. The van der Waals surface area contributed by atoms with Crippen LogP contribution in [0.1, 0.15) is 17.3 Å². The predicted molar refractivity (Wildman–Crippen MR) is 62.6 cm³/mol. The summed E-state index contributed by atoms with van der Waals surface area (Å²) in [6.07, 6.45) is 1.08. The number of carbonyl (C=O) groups excluding carboxylic acids is 1. The van der Waals surface area contributed by atoms with Crippen LogP contribution in [0.4, 0.5) is 4.39 Å². The van der Waals surface area contributed by atoms with Crippen LogP contribution in [0.25, 0.3) is 5.69 Å². The molecule has 0 spiro atoms. The summed E-state index contributed by atoms with van der Waals surface area (Å²) in [6.45, 7) is 1.23. The molecule has 0 radical (unpaired) electrons. The summed E-state index contributed by atoms with van der Waals surface area (Å²) in [5.41, 5.74) is -1.33. The number of benzene rings is 1. The number of ketones is 1. The Morgan fingerprint density at radius 2 is 1.83 bits per heavy atom. The van der Waals surface area contributed by atoms with Crippen molar-refractivity contribution in [1.82, 2.24) is 9.55 Å². The zero-order valence-corrected chi connectivity index (χ0v) is 9.44. The Morgan fingerprint density at radius 3 is 2.39 bits per heavy atom. The number of hydrogen-bond donors (Lipinski definition) is 1. The maximum absolute atomic E-state index is 12.8. The molecule has 92 valence electrons. The molecule has 0 atom stereocenters. The van der Waals surface area contributed by atoms with Crippen molar-refractivity contribution in [2.24, 2.45) is 0 Å². The molecule has 0 amide bonds. The molecule has 0 aliphatic carbocycles. The molecule has 1 N–H and O–H groups in total. The number of H-pyrrole nitrogens is 1. The van der Waals surface area contributed by atoms with Gasteiger partial charge in [-0.15, -0.1) is 0 Å². The number of nitrogens with zero attached hydrogens (tertiary/aromatic N) is 1. The van der Waals surface area contributed by atoms with Gasteiger partial charge in [0.1, 0.15) is 5.82 Å². The minimum Gasteiger partial charge on any atom is -0.313 e. The van der Waals surface area contributed by atoms with E-state index < -0.39 is 22.8 Å². The van der Waals surface area contributed by atoms with Gasteiger partial charge in [0, 0.05) is 6.20 Å². The van der Waals surface area contributed by atoms with Crippen molar-refractivity contribution >= 4 is 5.78 Å². The molecule has 0 bridgehead atoms. The smallest absolute Gasteiger partial charge is 0.313 e. The van der Waals surface area contributed by atoms with Gasteiger partial charge in [-0.25, -0.2) is 13.8 Å². The average Bonchev–Trinajstić information content (AvgIpc) is 2.31. The number of Topliss-reactive ketones (excluding diaryl/α,β-unsaturated/α-hetero) is 1. The molecule has 5 nitrogen and oxygen atoms in total. The molecule has 0 fully saturated rings. The SMILES string of the molecule is CC(=O)c1c[nH]c(=O)n(-c2ccc(F)cc2)c1=O. The third-order valence-corrected chi connectivity index (χ3v) is 2.44. The Bertz CT molecular complexity index is 713. The summed E-state index contributed by atoms with van der Waals surface area (Å²) < 4.78 is 13.6. The molecule has 0 aliphatic heterocycles. The van der Waals surface area contributed by atoms with Gasteiger partial charge in [0.05, 0.1) is 11.3 Å². The maximum atomic E-state index is 12.8. The first-order valence-corrected chi connectivity index (χ1v) is 5.12. The van der Waals surface area contributed by atoms with Crippen molar-refractivity contribution < 1.29 is 9.18 Å². The van der Waals surface area contributed by atoms with E-state index >= 15 is 0 Å². The van der Waals surface area contributed by atoms with E-state index in [4.69, 9.17) is 0 Å². The van der Waals surface area contributed by atoms with Crippen molar-refractivity contribution in [1.29, 1.82) is 0 Å². The van der Waals surface area contributed by atoms with Gasteiger partial charge >= 0.3 is 5.69 Å². The van der Waals surface area contributed by atoms with E-state index in [0.717, 1.165) is 22.9 Å². The highest BCUT2D eigenvalue weighted by Gasteiger charge is 2.12. The van der Waals surface area contributed by atoms with Gasteiger partial charge in [0.15, 0.2) is 5.78 Å². The maximum Gasteiger partial charge on any atom is 0.333 e. The standard InChI is InChI=1S/C12H9FN2O3/c1-7(16)10-6-14-12(18)15(11(10)17)9-4-2-8(13)3-5-9/h2-6H,1H3,(H,14,18). The van der Waals surface area contributed by atoms with E-state index in [1.54, 1.807) is 0 Å². The number of hydrogen-bond acceptors (Lipinski definition) is 3. The molecule has 6 heteroatoms. The van der Waals surface area contributed by atoms with Gasteiger partial charge in [-0.05, 0) is 31.2 Å². The van der Waals surface area contributed by atoms with Gasteiger partial charge in [0.25, 0.3) is 5.56 Å². The van der Waals surface area contributed by atoms with Gasteiger partial charge in [-0.1, -0.05) is 0 Å². The zero-order chi connectivity index (χ0) is 13.3. The molecule has 0 unspecified atom stereocenters. The molecule has 2 rings (SSSR count). The average molecular weight is 248 g/mol. The van der Waals surface area contributed by atoms with Crippen molar-refractivity contribution in [2.75, 3.05) is 0 Å². The van der Waals surface area contributed by atoms with Crippen molar-refractivity contribution in [2.45, 2.75) is 6.92 Å². The monoisotopic (exact) mass is 248 g/mol. The van der Waals surface area contributed by atoms with Gasteiger partial charge < -0.3 is 4.98 Å². The first-order valence-electron chi connectivity index (χ1n) is 5.12. The second-order valence-corrected chi connectivity index (χ2v) is 3.68. The van der Waals surface area contributed by atoms with E-state index in [2.05, 4.69) is 4.98 Å². The Hall–Kier alpha value is -2.50. The molecular formula is C12H9FN2O3. The van der Waals surface area contributed by atoms with Crippen LogP contribution in [0.15, 0.2) is 40.1 Å². The Morgan fingerprint density at radius 1 is 1.22 bits per heavy atom. The molecule has 0 saturated heterocycles. The minimum atomic E-state index is -0.724. The molecule has 0 saturated carbocycles.